The Balaban J connectivity index is 1.69. The van der Waals surface area contributed by atoms with Crippen molar-refractivity contribution in [2.75, 3.05) is 26.1 Å². The van der Waals surface area contributed by atoms with Gasteiger partial charge >= 0.3 is 0 Å². The lowest BCUT2D eigenvalue weighted by Crippen LogP contribution is -2.10. The molecule has 0 heterocycles. The van der Waals surface area contributed by atoms with Crippen LogP contribution in [0.2, 0.25) is 0 Å². The zero-order valence-electron chi connectivity index (χ0n) is 15.9. The van der Waals surface area contributed by atoms with Crippen molar-refractivity contribution in [3.05, 3.63) is 78.4 Å². The van der Waals surface area contributed by atoms with Crippen LogP contribution >= 0.6 is 0 Å². The minimum atomic E-state index is 0.366. The summed E-state index contributed by atoms with van der Waals surface area (Å²) in [6, 6.07) is 24.5. The topological polar surface area (TPSA) is 36.9 Å². The number of aliphatic imine (C=N–C) groups is 1. The first kappa shape index (κ1) is 18.7. The molecule has 0 aliphatic heterocycles. The molecule has 0 bridgehead atoms. The Morgan fingerprint density at radius 3 is 2.30 bits per heavy atom. The van der Waals surface area contributed by atoms with E-state index in [2.05, 4.69) is 60.3 Å². The summed E-state index contributed by atoms with van der Waals surface area (Å²) in [4.78, 5) is 6.29. The lowest BCUT2D eigenvalue weighted by atomic mass is 10.0. The van der Waals surface area contributed by atoms with Crippen LogP contribution in [-0.2, 0) is 6.54 Å². The molecular formula is C23H25N3O. The number of para-hydroxylation sites is 1. The Morgan fingerprint density at radius 2 is 1.63 bits per heavy atom. The van der Waals surface area contributed by atoms with Gasteiger partial charge < -0.3 is 15.0 Å². The summed E-state index contributed by atoms with van der Waals surface area (Å²) in [5.74, 6) is 0.710. The van der Waals surface area contributed by atoms with Gasteiger partial charge in [-0.1, -0.05) is 48.5 Å². The minimum absolute atomic E-state index is 0.366. The molecule has 0 fully saturated rings. The van der Waals surface area contributed by atoms with E-state index in [1.54, 1.807) is 0 Å². The van der Waals surface area contributed by atoms with E-state index in [0.29, 0.717) is 12.5 Å². The molecule has 1 N–H and O–H groups in total. The van der Waals surface area contributed by atoms with E-state index in [4.69, 9.17) is 4.74 Å². The molecule has 0 unspecified atom stereocenters. The molecule has 3 aromatic carbocycles. The van der Waals surface area contributed by atoms with Crippen molar-refractivity contribution in [2.24, 2.45) is 4.99 Å². The van der Waals surface area contributed by atoms with Crippen LogP contribution in [0, 0.1) is 0 Å². The molecule has 0 saturated heterocycles. The van der Waals surface area contributed by atoms with E-state index in [-0.39, 0.29) is 0 Å². The van der Waals surface area contributed by atoms with E-state index in [0.717, 1.165) is 29.0 Å². The van der Waals surface area contributed by atoms with E-state index in [9.17, 15) is 0 Å². The zero-order chi connectivity index (χ0) is 19.1. The van der Waals surface area contributed by atoms with Gasteiger partial charge in [0.05, 0.1) is 0 Å². The second-order valence-corrected chi connectivity index (χ2v) is 6.61. The van der Waals surface area contributed by atoms with Crippen LogP contribution in [0.25, 0.3) is 11.1 Å². The number of anilines is 1. The Kier molecular flexibility index (Phi) is 6.23. The molecule has 4 heteroatoms. The average molecular weight is 359 g/mol. The van der Waals surface area contributed by atoms with Gasteiger partial charge in [-0.25, -0.2) is 0 Å². The van der Waals surface area contributed by atoms with Crippen molar-refractivity contribution < 1.29 is 4.74 Å². The van der Waals surface area contributed by atoms with Gasteiger partial charge in [0.2, 0.25) is 0 Å². The third kappa shape index (κ3) is 5.19. The molecule has 3 aromatic rings. The Labute approximate surface area is 161 Å². The van der Waals surface area contributed by atoms with Crippen molar-refractivity contribution in [3.8, 4) is 16.9 Å². The Bertz CT molecular complexity index is 874. The van der Waals surface area contributed by atoms with Crippen LogP contribution in [0.3, 0.4) is 0 Å². The number of nitrogens with zero attached hydrogens (tertiary/aromatic N) is 2. The van der Waals surface area contributed by atoms with Gasteiger partial charge in [-0.3, -0.25) is 4.99 Å². The predicted molar refractivity (Wildman–Crippen MR) is 114 cm³/mol. The molecule has 0 saturated carbocycles. The van der Waals surface area contributed by atoms with Crippen molar-refractivity contribution in [3.63, 3.8) is 0 Å². The Hall–Kier alpha value is -3.11. The van der Waals surface area contributed by atoms with E-state index >= 15 is 0 Å². The summed E-state index contributed by atoms with van der Waals surface area (Å²) in [5, 5.41) is 3.22. The Morgan fingerprint density at radius 1 is 0.926 bits per heavy atom. The van der Waals surface area contributed by atoms with Gasteiger partial charge in [-0.05, 0) is 61.8 Å². The lowest BCUT2D eigenvalue weighted by Gasteiger charge is -2.13. The molecule has 0 radical (unpaired) electrons. The van der Waals surface area contributed by atoms with E-state index in [1.165, 1.54) is 5.56 Å². The minimum Gasteiger partial charge on any atom is -0.471 e. The zero-order valence-corrected chi connectivity index (χ0v) is 15.9. The molecule has 27 heavy (non-hydrogen) atoms. The third-order valence-corrected chi connectivity index (χ3v) is 4.19. The number of rotatable bonds is 8. The second-order valence-electron chi connectivity index (χ2n) is 6.61. The van der Waals surface area contributed by atoms with Gasteiger partial charge in [-0.2, -0.15) is 0 Å². The number of ether oxygens (including phenoxy) is 1. The van der Waals surface area contributed by atoms with Crippen molar-refractivity contribution in [1.29, 1.82) is 0 Å². The highest BCUT2D eigenvalue weighted by Crippen LogP contribution is 2.32. The summed E-state index contributed by atoms with van der Waals surface area (Å²) in [6.07, 6.45) is 0. The molecule has 0 aromatic heterocycles. The maximum absolute atomic E-state index is 5.84. The molecule has 0 amide bonds. The van der Waals surface area contributed by atoms with Gasteiger partial charge in [0, 0.05) is 12.2 Å². The van der Waals surface area contributed by atoms with Gasteiger partial charge in [-0.15, -0.1) is 0 Å². The first-order valence-corrected chi connectivity index (χ1v) is 8.92. The number of hydrogen-bond donors (Lipinski definition) is 1. The van der Waals surface area contributed by atoms with E-state index < -0.39 is 0 Å². The van der Waals surface area contributed by atoms with Crippen LogP contribution in [0.4, 0.5) is 11.4 Å². The molecular weight excluding hydrogens is 334 g/mol. The number of hydrogen-bond acceptors (Lipinski definition) is 4. The largest absolute Gasteiger partial charge is 0.471 e. The number of benzene rings is 3. The van der Waals surface area contributed by atoms with Gasteiger partial charge in [0.15, 0.2) is 6.73 Å². The fourth-order valence-corrected chi connectivity index (χ4v) is 2.86. The van der Waals surface area contributed by atoms with Crippen molar-refractivity contribution >= 4 is 18.1 Å². The van der Waals surface area contributed by atoms with Crippen LogP contribution in [0.1, 0.15) is 5.56 Å². The summed E-state index contributed by atoms with van der Waals surface area (Å²) in [5.41, 5.74) is 5.28. The summed E-state index contributed by atoms with van der Waals surface area (Å²) >= 11 is 0. The van der Waals surface area contributed by atoms with Crippen LogP contribution < -0.4 is 10.1 Å². The normalized spacial score (nSPS) is 10.6. The number of nitrogens with one attached hydrogen (secondary N) is 1. The third-order valence-electron chi connectivity index (χ3n) is 4.19. The molecule has 0 atom stereocenters. The molecule has 138 valence electrons. The monoisotopic (exact) mass is 359 g/mol. The van der Waals surface area contributed by atoms with Crippen molar-refractivity contribution in [1.82, 2.24) is 4.90 Å². The van der Waals surface area contributed by atoms with E-state index in [1.807, 2.05) is 48.5 Å². The van der Waals surface area contributed by atoms with Crippen molar-refractivity contribution in [2.45, 2.75) is 6.54 Å². The highest BCUT2D eigenvalue weighted by molar-refractivity contribution is 5.71. The predicted octanol–water partition coefficient (Wildman–Crippen LogP) is 5.20. The second kappa shape index (κ2) is 9.01. The summed E-state index contributed by atoms with van der Waals surface area (Å²) in [6.45, 7) is 4.98. The first-order chi connectivity index (χ1) is 13.2. The maximum atomic E-state index is 5.84. The standard InChI is InChI=1S/C23H25N3O/c1-24-22-15-20(19-11-9-18(10-12-19)16-26(2)3)13-14-23(22)27-17-25-21-7-5-4-6-8-21/h4-15,25H,1,16-17H2,2-3H3. The molecule has 0 aliphatic rings. The highest BCUT2D eigenvalue weighted by Gasteiger charge is 2.06. The molecule has 4 nitrogen and oxygen atoms in total. The van der Waals surface area contributed by atoms with Crippen LogP contribution in [-0.4, -0.2) is 32.4 Å². The van der Waals surface area contributed by atoms with Gasteiger partial charge in [0.1, 0.15) is 11.4 Å². The van der Waals surface area contributed by atoms with Gasteiger partial charge in [0.25, 0.3) is 0 Å². The first-order valence-electron chi connectivity index (χ1n) is 8.92. The SMILES string of the molecule is C=Nc1cc(-c2ccc(CN(C)C)cc2)ccc1OCNc1ccccc1. The lowest BCUT2D eigenvalue weighted by molar-refractivity contribution is 0.348. The average Bonchev–Trinajstić information content (AvgIpc) is 2.69. The summed E-state index contributed by atoms with van der Waals surface area (Å²) in [7, 11) is 4.14. The molecule has 0 aliphatic carbocycles. The van der Waals surface area contributed by atoms with Crippen LogP contribution in [0.5, 0.6) is 5.75 Å². The highest BCUT2D eigenvalue weighted by atomic mass is 16.5. The molecule has 0 spiro atoms. The smallest absolute Gasteiger partial charge is 0.159 e. The fraction of sp³-hybridized carbons (Fsp3) is 0.174. The maximum Gasteiger partial charge on any atom is 0.159 e. The molecule has 3 rings (SSSR count). The summed E-state index contributed by atoms with van der Waals surface area (Å²) < 4.78 is 5.84. The quantitative estimate of drug-likeness (QED) is 0.444. The fourth-order valence-electron chi connectivity index (χ4n) is 2.86. The van der Waals surface area contributed by atoms with Crippen LogP contribution in [0.15, 0.2) is 77.8 Å².